The Morgan fingerprint density at radius 3 is 2.58 bits per heavy atom. The van der Waals surface area contributed by atoms with Gasteiger partial charge in [-0.3, -0.25) is 14.0 Å². The molecule has 2 fully saturated rings. The van der Waals surface area contributed by atoms with E-state index < -0.39 is 0 Å². The summed E-state index contributed by atoms with van der Waals surface area (Å²) in [6.07, 6.45) is 3.90. The molecule has 2 saturated heterocycles. The molecule has 0 radical (unpaired) electrons. The van der Waals surface area contributed by atoms with Gasteiger partial charge in [0.1, 0.15) is 11.3 Å². The van der Waals surface area contributed by atoms with Crippen LogP contribution in [-0.2, 0) is 13.1 Å². The van der Waals surface area contributed by atoms with Crippen molar-refractivity contribution in [1.29, 1.82) is 0 Å². The summed E-state index contributed by atoms with van der Waals surface area (Å²) in [6.45, 7) is 6.73. The number of fused-ring (bicyclic) bond motifs is 3. The van der Waals surface area contributed by atoms with E-state index in [0.717, 1.165) is 42.9 Å². The molecule has 0 N–H and O–H groups in total. The van der Waals surface area contributed by atoms with E-state index in [-0.39, 0.29) is 5.69 Å². The minimum atomic E-state index is -0.0635. The first-order chi connectivity index (χ1) is 16.1. The quantitative estimate of drug-likeness (QED) is 0.490. The van der Waals surface area contributed by atoms with Gasteiger partial charge < -0.3 is 14.4 Å². The van der Waals surface area contributed by atoms with Crippen molar-refractivity contribution in [2.75, 3.05) is 40.4 Å². The number of aromatic nitrogens is 4. The number of hydrogen-bond acceptors (Lipinski definition) is 7. The Morgan fingerprint density at radius 1 is 1.09 bits per heavy atom. The Labute approximate surface area is 193 Å². The minimum absolute atomic E-state index is 0.0635. The van der Waals surface area contributed by atoms with E-state index in [0.29, 0.717) is 43.4 Å². The second-order valence-corrected chi connectivity index (χ2v) is 8.99. The van der Waals surface area contributed by atoms with Crippen molar-refractivity contribution in [3.8, 4) is 11.8 Å². The molecule has 4 heterocycles. The summed E-state index contributed by atoms with van der Waals surface area (Å²) >= 11 is 0. The number of benzene rings is 1. The summed E-state index contributed by atoms with van der Waals surface area (Å²) in [7, 11) is 3.86. The van der Waals surface area contributed by atoms with Crippen LogP contribution in [0, 0.1) is 0 Å². The van der Waals surface area contributed by atoms with E-state index in [2.05, 4.69) is 26.8 Å². The molecule has 3 aromatic rings. The van der Waals surface area contributed by atoms with Crippen molar-refractivity contribution >= 4 is 11.2 Å². The maximum Gasteiger partial charge on any atom is 0.330 e. The molecule has 1 aromatic carbocycles. The van der Waals surface area contributed by atoms with E-state index in [1.807, 2.05) is 35.8 Å². The highest BCUT2D eigenvalue weighted by Gasteiger charge is 2.40. The standard InChI is InChI=1S/C24H32N6O3/c1-4-33-23-25-13-21-22(26-23)30(14-17-6-8-20(32-3)9-7-17)24(31)29(21)11-5-10-28-16-18-12-19(28)15-27(18)2/h6-9,13,18-19H,4-5,10-12,14-16H2,1-3H3. The zero-order valence-electron chi connectivity index (χ0n) is 19.6. The maximum atomic E-state index is 13.5. The number of methoxy groups -OCH3 is 1. The van der Waals surface area contributed by atoms with E-state index in [1.165, 1.54) is 6.42 Å². The van der Waals surface area contributed by atoms with Crippen LogP contribution < -0.4 is 15.2 Å². The Balaban J connectivity index is 1.39. The summed E-state index contributed by atoms with van der Waals surface area (Å²) in [6, 6.07) is 9.39. The first-order valence-corrected chi connectivity index (χ1v) is 11.7. The number of ether oxygens (including phenoxy) is 2. The van der Waals surface area contributed by atoms with E-state index in [4.69, 9.17) is 9.47 Å². The second kappa shape index (κ2) is 9.15. The number of imidazole rings is 1. The lowest BCUT2D eigenvalue weighted by atomic mass is 10.2. The number of rotatable bonds is 9. The molecule has 9 heteroatoms. The molecular formula is C24H32N6O3. The summed E-state index contributed by atoms with van der Waals surface area (Å²) in [5.74, 6) is 0.788. The van der Waals surface area contributed by atoms with Gasteiger partial charge in [-0.1, -0.05) is 12.1 Å². The van der Waals surface area contributed by atoms with E-state index >= 15 is 0 Å². The smallest absolute Gasteiger partial charge is 0.330 e. The van der Waals surface area contributed by atoms with Crippen LogP contribution in [0.2, 0.25) is 0 Å². The first-order valence-electron chi connectivity index (χ1n) is 11.7. The van der Waals surface area contributed by atoms with Gasteiger partial charge in [0.25, 0.3) is 0 Å². The minimum Gasteiger partial charge on any atom is -0.497 e. The molecule has 0 saturated carbocycles. The number of piperazine rings is 1. The number of hydrogen-bond donors (Lipinski definition) is 0. The topological polar surface area (TPSA) is 77.7 Å². The van der Waals surface area contributed by atoms with Crippen molar-refractivity contribution in [3.63, 3.8) is 0 Å². The zero-order chi connectivity index (χ0) is 22.9. The number of likely N-dealkylation sites (tertiary alicyclic amines) is 2. The first kappa shape index (κ1) is 21.9. The molecule has 5 rings (SSSR count). The molecule has 0 amide bonds. The molecule has 33 heavy (non-hydrogen) atoms. The van der Waals surface area contributed by atoms with Crippen molar-refractivity contribution < 1.29 is 9.47 Å². The molecule has 176 valence electrons. The molecule has 2 aliphatic rings. The largest absolute Gasteiger partial charge is 0.497 e. The molecule has 2 bridgehead atoms. The Kier molecular flexibility index (Phi) is 6.07. The van der Waals surface area contributed by atoms with Gasteiger partial charge in [-0.2, -0.15) is 4.98 Å². The molecule has 9 nitrogen and oxygen atoms in total. The molecule has 0 spiro atoms. The fraction of sp³-hybridized carbons (Fsp3) is 0.542. The maximum absolute atomic E-state index is 13.5. The number of likely N-dealkylation sites (N-methyl/N-ethyl adjacent to an activating group) is 1. The van der Waals surface area contributed by atoms with Crippen LogP contribution in [0.5, 0.6) is 11.8 Å². The fourth-order valence-electron chi connectivity index (χ4n) is 5.20. The molecule has 0 aliphatic carbocycles. The highest BCUT2D eigenvalue weighted by Crippen LogP contribution is 2.29. The highest BCUT2D eigenvalue weighted by molar-refractivity contribution is 5.71. The highest BCUT2D eigenvalue weighted by atomic mass is 16.5. The van der Waals surface area contributed by atoms with Crippen LogP contribution in [0.25, 0.3) is 11.2 Å². The number of aryl methyl sites for hydroxylation is 1. The van der Waals surface area contributed by atoms with Gasteiger partial charge in [-0.25, -0.2) is 9.78 Å². The fourth-order valence-corrected chi connectivity index (χ4v) is 5.20. The van der Waals surface area contributed by atoms with Crippen molar-refractivity contribution in [2.45, 2.75) is 44.9 Å². The molecule has 2 atom stereocenters. The van der Waals surface area contributed by atoms with Crippen LogP contribution >= 0.6 is 0 Å². The normalized spacial score (nSPS) is 20.7. The van der Waals surface area contributed by atoms with Gasteiger partial charge in [0.15, 0.2) is 5.65 Å². The SMILES string of the molecule is CCOc1ncc2c(n1)n(Cc1ccc(OC)cc1)c(=O)n2CCCN1CC2CC1CN2C. The number of nitrogens with zero attached hydrogens (tertiary/aromatic N) is 6. The summed E-state index contributed by atoms with van der Waals surface area (Å²) < 4.78 is 14.3. The summed E-state index contributed by atoms with van der Waals surface area (Å²) in [5, 5.41) is 0. The lowest BCUT2D eigenvalue weighted by Gasteiger charge is -2.31. The van der Waals surface area contributed by atoms with Crippen LogP contribution in [0.1, 0.15) is 25.3 Å². The van der Waals surface area contributed by atoms with Crippen molar-refractivity contribution in [1.82, 2.24) is 28.9 Å². The predicted molar refractivity (Wildman–Crippen MR) is 126 cm³/mol. The third-order valence-electron chi connectivity index (χ3n) is 6.96. The Bertz CT molecular complexity index is 1170. The lowest BCUT2D eigenvalue weighted by molar-refractivity contribution is 0.147. The third-order valence-corrected chi connectivity index (χ3v) is 6.96. The average Bonchev–Trinajstić information content (AvgIpc) is 3.47. The van der Waals surface area contributed by atoms with Gasteiger partial charge in [0.05, 0.1) is 26.5 Å². The van der Waals surface area contributed by atoms with Crippen molar-refractivity contribution in [3.05, 3.63) is 46.5 Å². The third kappa shape index (κ3) is 4.22. The molecule has 2 unspecified atom stereocenters. The molecular weight excluding hydrogens is 420 g/mol. The average molecular weight is 453 g/mol. The lowest BCUT2D eigenvalue weighted by Crippen LogP contribution is -2.45. The zero-order valence-corrected chi connectivity index (χ0v) is 19.6. The van der Waals surface area contributed by atoms with E-state index in [9.17, 15) is 4.79 Å². The molecule has 2 aliphatic heterocycles. The van der Waals surface area contributed by atoms with Gasteiger partial charge in [0.2, 0.25) is 0 Å². The van der Waals surface area contributed by atoms with E-state index in [1.54, 1.807) is 17.9 Å². The predicted octanol–water partition coefficient (Wildman–Crippen LogP) is 1.83. The van der Waals surface area contributed by atoms with Crippen LogP contribution in [0.15, 0.2) is 35.3 Å². The summed E-state index contributed by atoms with van der Waals surface area (Å²) in [5.41, 5.74) is 2.30. The van der Waals surface area contributed by atoms with Gasteiger partial charge in [-0.15, -0.1) is 0 Å². The summed E-state index contributed by atoms with van der Waals surface area (Å²) in [4.78, 5) is 27.4. The Morgan fingerprint density at radius 2 is 1.91 bits per heavy atom. The van der Waals surface area contributed by atoms with Gasteiger partial charge in [0, 0.05) is 38.3 Å². The van der Waals surface area contributed by atoms with Crippen LogP contribution in [0.3, 0.4) is 0 Å². The van der Waals surface area contributed by atoms with Crippen molar-refractivity contribution in [2.24, 2.45) is 0 Å². The Hall–Kier alpha value is -2.91. The van der Waals surface area contributed by atoms with Gasteiger partial charge in [-0.05, 0) is 44.5 Å². The monoisotopic (exact) mass is 452 g/mol. The molecule has 2 aromatic heterocycles. The van der Waals surface area contributed by atoms with Crippen LogP contribution in [0.4, 0.5) is 0 Å². The van der Waals surface area contributed by atoms with Gasteiger partial charge >= 0.3 is 11.7 Å². The second-order valence-electron chi connectivity index (χ2n) is 8.99. The van der Waals surface area contributed by atoms with Crippen LogP contribution in [-0.4, -0.2) is 81.4 Å².